The van der Waals surface area contributed by atoms with Crippen molar-refractivity contribution in [3.8, 4) is 11.4 Å². The van der Waals surface area contributed by atoms with E-state index in [-0.39, 0.29) is 0 Å². The number of benzene rings is 1. The minimum absolute atomic E-state index is 0.807. The molecule has 0 saturated carbocycles. The summed E-state index contributed by atoms with van der Waals surface area (Å²) in [7, 11) is 2.14. The first-order valence-corrected chi connectivity index (χ1v) is 7.78. The number of hydrogen-bond acceptors (Lipinski definition) is 5. The minimum atomic E-state index is 0.807. The summed E-state index contributed by atoms with van der Waals surface area (Å²) in [5.41, 5.74) is 2.36. The first-order valence-electron chi connectivity index (χ1n) is 6.97. The van der Waals surface area contributed by atoms with Gasteiger partial charge in [0.15, 0.2) is 5.82 Å². The first-order chi connectivity index (χ1) is 10.3. The molecule has 21 heavy (non-hydrogen) atoms. The molecule has 3 aromatic rings. The maximum absolute atomic E-state index is 4.72. The monoisotopic (exact) mass is 297 g/mol. The fraction of sp³-hybridized carbons (Fsp3) is 0.267. The van der Waals surface area contributed by atoms with Crippen molar-refractivity contribution in [2.24, 2.45) is 0 Å². The zero-order chi connectivity index (χ0) is 14.2. The fourth-order valence-electron chi connectivity index (χ4n) is 2.48. The molecule has 6 heteroatoms. The molecule has 0 amide bonds. The van der Waals surface area contributed by atoms with Crippen LogP contribution in [-0.4, -0.2) is 44.8 Å². The Balaban J connectivity index is 1.76. The SMILES string of the molecule is CN1CC=C(c2nn3c(-c4ccccc4)nnc3s2)CC1. The Kier molecular flexibility index (Phi) is 3.05. The molecule has 0 spiro atoms. The van der Waals surface area contributed by atoms with E-state index >= 15 is 0 Å². The lowest BCUT2D eigenvalue weighted by molar-refractivity contribution is 0.370. The molecule has 1 aliphatic heterocycles. The van der Waals surface area contributed by atoms with E-state index < -0.39 is 0 Å². The highest BCUT2D eigenvalue weighted by molar-refractivity contribution is 7.17. The van der Waals surface area contributed by atoms with Crippen LogP contribution in [0.15, 0.2) is 36.4 Å². The summed E-state index contributed by atoms with van der Waals surface area (Å²) in [6.45, 7) is 2.07. The Labute approximate surface area is 126 Å². The van der Waals surface area contributed by atoms with Crippen LogP contribution in [0.25, 0.3) is 21.9 Å². The molecule has 5 nitrogen and oxygen atoms in total. The number of nitrogens with zero attached hydrogens (tertiary/aromatic N) is 5. The Bertz CT molecular complexity index is 802. The highest BCUT2D eigenvalue weighted by Crippen LogP contribution is 2.28. The Hall–Kier alpha value is -2.05. The topological polar surface area (TPSA) is 46.3 Å². The normalized spacial score (nSPS) is 16.3. The van der Waals surface area contributed by atoms with Crippen molar-refractivity contribution in [2.45, 2.75) is 6.42 Å². The number of hydrogen-bond donors (Lipinski definition) is 0. The molecule has 106 valence electrons. The molecular formula is C15H15N5S. The predicted octanol–water partition coefficient (Wildman–Crippen LogP) is 2.57. The average molecular weight is 297 g/mol. The van der Waals surface area contributed by atoms with Gasteiger partial charge < -0.3 is 4.90 Å². The summed E-state index contributed by atoms with van der Waals surface area (Å²) in [6, 6.07) is 10.1. The Morgan fingerprint density at radius 2 is 2.00 bits per heavy atom. The number of aromatic nitrogens is 4. The quantitative estimate of drug-likeness (QED) is 0.729. The van der Waals surface area contributed by atoms with Crippen LogP contribution in [0.4, 0.5) is 0 Å². The van der Waals surface area contributed by atoms with Crippen LogP contribution in [0.1, 0.15) is 11.4 Å². The lowest BCUT2D eigenvalue weighted by atomic mass is 10.1. The Morgan fingerprint density at radius 3 is 2.76 bits per heavy atom. The van der Waals surface area contributed by atoms with Gasteiger partial charge in [0.1, 0.15) is 5.01 Å². The van der Waals surface area contributed by atoms with E-state index in [1.165, 1.54) is 5.57 Å². The van der Waals surface area contributed by atoms with Crippen LogP contribution < -0.4 is 0 Å². The van der Waals surface area contributed by atoms with E-state index in [0.29, 0.717) is 0 Å². The molecule has 1 aromatic carbocycles. The smallest absolute Gasteiger partial charge is 0.235 e. The van der Waals surface area contributed by atoms with Gasteiger partial charge in [-0.3, -0.25) is 0 Å². The van der Waals surface area contributed by atoms with Crippen LogP contribution in [-0.2, 0) is 0 Å². The summed E-state index contributed by atoms with van der Waals surface area (Å²) >= 11 is 1.61. The second-order valence-electron chi connectivity index (χ2n) is 5.23. The summed E-state index contributed by atoms with van der Waals surface area (Å²) < 4.78 is 1.86. The van der Waals surface area contributed by atoms with Gasteiger partial charge in [-0.1, -0.05) is 47.7 Å². The third-order valence-electron chi connectivity index (χ3n) is 3.71. The number of likely N-dealkylation sites (N-methyl/N-ethyl adjacent to an activating group) is 1. The van der Waals surface area contributed by atoms with Crippen LogP contribution in [0.3, 0.4) is 0 Å². The highest BCUT2D eigenvalue weighted by Gasteiger charge is 2.17. The minimum Gasteiger partial charge on any atom is -0.302 e. The molecule has 0 bridgehead atoms. The summed E-state index contributed by atoms with van der Waals surface area (Å²) in [5, 5.41) is 14.3. The number of fused-ring (bicyclic) bond motifs is 1. The molecular weight excluding hydrogens is 282 g/mol. The third kappa shape index (κ3) is 2.26. The molecule has 0 radical (unpaired) electrons. The zero-order valence-electron chi connectivity index (χ0n) is 11.7. The molecule has 4 rings (SSSR count). The maximum atomic E-state index is 4.72. The van der Waals surface area contributed by atoms with E-state index in [2.05, 4.69) is 28.2 Å². The standard InChI is InChI=1S/C15H15N5S/c1-19-9-7-12(8-10-19)14-18-20-13(16-17-15(20)21-14)11-5-3-2-4-6-11/h2-7H,8-10H2,1H3. The van der Waals surface area contributed by atoms with Crippen molar-refractivity contribution in [2.75, 3.05) is 20.1 Å². The summed E-state index contributed by atoms with van der Waals surface area (Å²) in [6.07, 6.45) is 3.30. The molecule has 1 aliphatic rings. The predicted molar refractivity (Wildman–Crippen MR) is 84.2 cm³/mol. The maximum Gasteiger partial charge on any atom is 0.235 e. The van der Waals surface area contributed by atoms with Gasteiger partial charge in [0.05, 0.1) is 0 Å². The Morgan fingerprint density at radius 1 is 1.14 bits per heavy atom. The van der Waals surface area contributed by atoms with Gasteiger partial charge in [-0.25, -0.2) is 0 Å². The lowest BCUT2D eigenvalue weighted by Crippen LogP contribution is -2.23. The van der Waals surface area contributed by atoms with Crippen LogP contribution in [0.5, 0.6) is 0 Å². The molecule has 0 aliphatic carbocycles. The van der Waals surface area contributed by atoms with E-state index in [9.17, 15) is 0 Å². The van der Waals surface area contributed by atoms with E-state index in [4.69, 9.17) is 5.10 Å². The third-order valence-corrected chi connectivity index (χ3v) is 4.68. The van der Waals surface area contributed by atoms with Gasteiger partial charge in [0, 0.05) is 18.7 Å². The molecule has 0 unspecified atom stereocenters. The van der Waals surface area contributed by atoms with Gasteiger partial charge in [0.25, 0.3) is 0 Å². The van der Waals surface area contributed by atoms with E-state index in [1.807, 2.05) is 34.8 Å². The van der Waals surface area contributed by atoms with Gasteiger partial charge in [-0.2, -0.15) is 9.61 Å². The van der Waals surface area contributed by atoms with Gasteiger partial charge in [-0.05, 0) is 19.0 Å². The molecule has 0 N–H and O–H groups in total. The van der Waals surface area contributed by atoms with Gasteiger partial charge in [-0.15, -0.1) is 10.2 Å². The van der Waals surface area contributed by atoms with Crippen molar-refractivity contribution in [3.63, 3.8) is 0 Å². The van der Waals surface area contributed by atoms with Crippen LogP contribution in [0.2, 0.25) is 0 Å². The number of rotatable bonds is 2. The fourth-order valence-corrected chi connectivity index (χ4v) is 3.39. The average Bonchev–Trinajstić information content (AvgIpc) is 3.09. The van der Waals surface area contributed by atoms with Crippen LogP contribution >= 0.6 is 11.3 Å². The lowest BCUT2D eigenvalue weighted by Gasteiger charge is -2.20. The molecule has 0 saturated heterocycles. The van der Waals surface area contributed by atoms with Crippen molar-refractivity contribution >= 4 is 21.9 Å². The van der Waals surface area contributed by atoms with Gasteiger partial charge >= 0.3 is 0 Å². The van der Waals surface area contributed by atoms with Gasteiger partial charge in [0.2, 0.25) is 4.96 Å². The zero-order valence-corrected chi connectivity index (χ0v) is 12.5. The second kappa shape index (κ2) is 5.05. The second-order valence-corrected chi connectivity index (χ2v) is 6.19. The largest absolute Gasteiger partial charge is 0.302 e. The highest BCUT2D eigenvalue weighted by atomic mass is 32.1. The summed E-state index contributed by atoms with van der Waals surface area (Å²) in [5.74, 6) is 0.807. The molecule has 0 fully saturated rings. The van der Waals surface area contributed by atoms with E-state index in [0.717, 1.165) is 40.9 Å². The summed E-state index contributed by atoms with van der Waals surface area (Å²) in [4.78, 5) is 3.16. The van der Waals surface area contributed by atoms with Crippen molar-refractivity contribution in [3.05, 3.63) is 41.4 Å². The van der Waals surface area contributed by atoms with E-state index in [1.54, 1.807) is 11.3 Å². The van der Waals surface area contributed by atoms with Crippen LogP contribution in [0, 0.1) is 0 Å². The van der Waals surface area contributed by atoms with Crippen molar-refractivity contribution < 1.29 is 0 Å². The van der Waals surface area contributed by atoms with Crippen molar-refractivity contribution in [1.82, 2.24) is 24.7 Å². The molecule has 3 heterocycles. The first kappa shape index (κ1) is 12.7. The molecule has 2 aromatic heterocycles. The van der Waals surface area contributed by atoms with Crippen molar-refractivity contribution in [1.29, 1.82) is 0 Å². The molecule has 0 atom stereocenters.